The topological polar surface area (TPSA) is 95.5 Å². The van der Waals surface area contributed by atoms with Crippen LogP contribution >= 0.6 is 0 Å². The maximum Gasteiger partial charge on any atom is 0.309 e. The number of amides is 2. The van der Waals surface area contributed by atoms with E-state index >= 15 is 0 Å². The molecule has 0 aromatic heterocycles. The molecule has 0 rings (SSSR count). The van der Waals surface area contributed by atoms with E-state index < -0.39 is 11.4 Å². The van der Waals surface area contributed by atoms with Gasteiger partial charge >= 0.3 is 5.97 Å². The highest BCUT2D eigenvalue weighted by Crippen LogP contribution is 2.19. The third kappa shape index (κ3) is 8.18. The highest BCUT2D eigenvalue weighted by Gasteiger charge is 2.29. The molecule has 0 spiro atoms. The lowest BCUT2D eigenvalue weighted by Crippen LogP contribution is -2.42. The summed E-state index contributed by atoms with van der Waals surface area (Å²) in [5.74, 6) is -1.53. The fourth-order valence-electron chi connectivity index (χ4n) is 1.34. The molecule has 0 aliphatic heterocycles. The Labute approximate surface area is 113 Å². The highest BCUT2D eigenvalue weighted by atomic mass is 16.4. The molecule has 0 aliphatic rings. The summed E-state index contributed by atoms with van der Waals surface area (Å²) in [5.41, 5.74) is -1.40. The van der Waals surface area contributed by atoms with Crippen LogP contribution in [-0.4, -0.2) is 35.0 Å². The van der Waals surface area contributed by atoms with Crippen LogP contribution in [0.4, 0.5) is 0 Å². The van der Waals surface area contributed by atoms with Crippen LogP contribution in [0.5, 0.6) is 0 Å². The average Bonchev–Trinajstić information content (AvgIpc) is 2.12. The summed E-state index contributed by atoms with van der Waals surface area (Å²) in [4.78, 5) is 33.9. The van der Waals surface area contributed by atoms with Crippen LogP contribution < -0.4 is 10.6 Å². The first-order valence-electron chi connectivity index (χ1n) is 6.25. The van der Waals surface area contributed by atoms with Crippen molar-refractivity contribution in [3.05, 3.63) is 0 Å². The van der Waals surface area contributed by atoms with Gasteiger partial charge in [-0.25, -0.2) is 0 Å². The second-order valence-electron chi connectivity index (χ2n) is 6.26. The molecule has 0 heterocycles. The number of carboxylic acid groups (broad SMARTS) is 1. The van der Waals surface area contributed by atoms with Gasteiger partial charge in [0.25, 0.3) is 0 Å². The van der Waals surface area contributed by atoms with Crippen LogP contribution in [0.15, 0.2) is 0 Å². The van der Waals surface area contributed by atoms with Crippen molar-refractivity contribution < 1.29 is 19.5 Å². The summed E-state index contributed by atoms with van der Waals surface area (Å²) in [6.45, 7) is 8.80. The van der Waals surface area contributed by atoms with Crippen molar-refractivity contribution in [1.82, 2.24) is 10.6 Å². The summed E-state index contributed by atoms with van der Waals surface area (Å²) in [6, 6.07) is 0. The number of nitrogens with one attached hydrogen (secondary N) is 2. The van der Waals surface area contributed by atoms with Crippen LogP contribution in [0.1, 0.15) is 47.5 Å². The Balaban J connectivity index is 4.00. The van der Waals surface area contributed by atoms with Crippen molar-refractivity contribution in [2.75, 3.05) is 6.54 Å². The van der Waals surface area contributed by atoms with Gasteiger partial charge < -0.3 is 15.7 Å². The molecule has 0 aromatic carbocycles. The van der Waals surface area contributed by atoms with E-state index in [1.165, 1.54) is 13.8 Å². The van der Waals surface area contributed by atoms with Gasteiger partial charge in [0.15, 0.2) is 0 Å². The molecule has 0 bridgehead atoms. The number of rotatable bonds is 6. The predicted molar refractivity (Wildman–Crippen MR) is 71.6 cm³/mol. The second kappa shape index (κ2) is 6.54. The van der Waals surface area contributed by atoms with E-state index in [0.717, 1.165) is 0 Å². The molecule has 0 aromatic rings. The monoisotopic (exact) mass is 272 g/mol. The van der Waals surface area contributed by atoms with Gasteiger partial charge in [0.1, 0.15) is 0 Å². The Morgan fingerprint density at radius 3 is 1.95 bits per heavy atom. The zero-order valence-electron chi connectivity index (χ0n) is 12.3. The lowest BCUT2D eigenvalue weighted by Gasteiger charge is -2.21. The number of carbonyl (C=O) groups excluding carboxylic acids is 2. The lowest BCUT2D eigenvalue weighted by molar-refractivity contribution is -0.149. The van der Waals surface area contributed by atoms with Gasteiger partial charge in [0.2, 0.25) is 11.8 Å². The van der Waals surface area contributed by atoms with Crippen LogP contribution in [0.25, 0.3) is 0 Å². The van der Waals surface area contributed by atoms with Gasteiger partial charge in [-0.3, -0.25) is 14.4 Å². The van der Waals surface area contributed by atoms with Crippen molar-refractivity contribution in [2.45, 2.75) is 53.0 Å². The number of hydrogen-bond donors (Lipinski definition) is 3. The molecule has 0 saturated carbocycles. The number of carboxylic acids is 1. The van der Waals surface area contributed by atoms with Gasteiger partial charge in [0.05, 0.1) is 5.41 Å². The Bertz CT molecular complexity index is 356. The molecular weight excluding hydrogens is 248 g/mol. The van der Waals surface area contributed by atoms with E-state index in [0.29, 0.717) is 0 Å². The maximum atomic E-state index is 11.5. The number of carbonyl (C=O) groups is 3. The van der Waals surface area contributed by atoms with Gasteiger partial charge in [-0.1, -0.05) is 0 Å². The largest absolute Gasteiger partial charge is 0.481 e. The van der Waals surface area contributed by atoms with Crippen molar-refractivity contribution in [3.63, 3.8) is 0 Å². The minimum atomic E-state index is -1.10. The molecule has 3 N–H and O–H groups in total. The van der Waals surface area contributed by atoms with Gasteiger partial charge in [-0.2, -0.15) is 0 Å². The third-order valence-electron chi connectivity index (χ3n) is 2.37. The zero-order valence-corrected chi connectivity index (χ0v) is 12.3. The molecule has 6 heteroatoms. The molecule has 19 heavy (non-hydrogen) atoms. The molecule has 6 nitrogen and oxygen atoms in total. The first-order chi connectivity index (χ1) is 8.44. The molecular formula is C13H24N2O4. The van der Waals surface area contributed by atoms with Crippen molar-refractivity contribution in [2.24, 2.45) is 5.41 Å². The van der Waals surface area contributed by atoms with Gasteiger partial charge in [-0.15, -0.1) is 0 Å². The summed E-state index contributed by atoms with van der Waals surface area (Å²) in [5, 5.41) is 14.2. The summed E-state index contributed by atoms with van der Waals surface area (Å²) in [6.07, 6.45) is 0.0692. The number of aliphatic carboxylic acids is 1. The summed E-state index contributed by atoms with van der Waals surface area (Å²) >= 11 is 0. The van der Waals surface area contributed by atoms with Crippen molar-refractivity contribution in [1.29, 1.82) is 0 Å². The molecule has 110 valence electrons. The molecule has 0 saturated heterocycles. The average molecular weight is 272 g/mol. The highest BCUT2D eigenvalue weighted by molar-refractivity contribution is 5.84. The van der Waals surface area contributed by atoms with Gasteiger partial charge in [0, 0.05) is 24.9 Å². The predicted octanol–water partition coefficient (Wildman–Crippen LogP) is 0.908. The van der Waals surface area contributed by atoms with Crippen molar-refractivity contribution in [3.8, 4) is 0 Å². The normalized spacial score (nSPS) is 11.8. The molecule has 0 atom stereocenters. The fraction of sp³-hybridized carbons (Fsp3) is 0.769. The standard InChI is InChI=1S/C13H24N2O4/c1-12(2,3)15-9(16)6-7-14-10(17)8-13(4,5)11(18)19/h6-8H2,1-5H3,(H,14,17)(H,15,16)(H,18,19). The minimum Gasteiger partial charge on any atom is -0.481 e. The first kappa shape index (κ1) is 17.4. The van der Waals surface area contributed by atoms with E-state index in [-0.39, 0.29) is 36.7 Å². The molecule has 0 radical (unpaired) electrons. The van der Waals surface area contributed by atoms with Crippen LogP contribution in [0.2, 0.25) is 0 Å². The summed E-state index contributed by atoms with van der Waals surface area (Å²) < 4.78 is 0. The molecule has 0 fully saturated rings. The quantitative estimate of drug-likeness (QED) is 0.669. The van der Waals surface area contributed by atoms with Gasteiger partial charge in [-0.05, 0) is 34.6 Å². The molecule has 0 unspecified atom stereocenters. The maximum absolute atomic E-state index is 11.5. The molecule has 2 amide bonds. The SMILES string of the molecule is CC(C)(C)NC(=O)CCNC(=O)CC(C)(C)C(=O)O. The lowest BCUT2D eigenvalue weighted by atomic mass is 9.89. The zero-order chi connectivity index (χ0) is 15.3. The van der Waals surface area contributed by atoms with E-state index in [2.05, 4.69) is 10.6 Å². The van der Waals surface area contributed by atoms with Crippen LogP contribution in [0.3, 0.4) is 0 Å². The van der Waals surface area contributed by atoms with E-state index in [4.69, 9.17) is 5.11 Å². The smallest absolute Gasteiger partial charge is 0.309 e. The van der Waals surface area contributed by atoms with E-state index in [1.54, 1.807) is 0 Å². The molecule has 0 aliphatic carbocycles. The fourth-order valence-corrected chi connectivity index (χ4v) is 1.34. The van der Waals surface area contributed by atoms with Crippen molar-refractivity contribution >= 4 is 17.8 Å². The Hall–Kier alpha value is -1.59. The Morgan fingerprint density at radius 2 is 1.53 bits per heavy atom. The minimum absolute atomic E-state index is 0.108. The van der Waals surface area contributed by atoms with Crippen LogP contribution in [0, 0.1) is 5.41 Å². The Kier molecular flexibility index (Phi) is 5.99. The number of hydrogen-bond acceptors (Lipinski definition) is 3. The van der Waals surface area contributed by atoms with E-state index in [9.17, 15) is 14.4 Å². The third-order valence-corrected chi connectivity index (χ3v) is 2.37. The van der Waals surface area contributed by atoms with E-state index in [1.807, 2.05) is 20.8 Å². The van der Waals surface area contributed by atoms with Crippen LogP contribution in [-0.2, 0) is 14.4 Å². The first-order valence-corrected chi connectivity index (χ1v) is 6.25. The summed E-state index contributed by atoms with van der Waals surface area (Å²) in [7, 11) is 0. The second-order valence-corrected chi connectivity index (χ2v) is 6.26. The Morgan fingerprint density at radius 1 is 1.00 bits per heavy atom.